The van der Waals surface area contributed by atoms with Crippen molar-refractivity contribution in [1.82, 2.24) is 4.90 Å². The summed E-state index contributed by atoms with van der Waals surface area (Å²) in [5.74, 6) is 0.597. The summed E-state index contributed by atoms with van der Waals surface area (Å²) in [6.45, 7) is 2.73. The minimum atomic E-state index is -0.115. The molecule has 5 heteroatoms. The molecule has 3 aromatic carbocycles. The minimum Gasteiger partial charge on any atom is -0.507 e. The highest BCUT2D eigenvalue weighted by atomic mass is 16.3. The largest absolute Gasteiger partial charge is 0.507 e. The molecule has 0 fully saturated rings. The Morgan fingerprint density at radius 1 is 1.03 bits per heavy atom. The maximum absolute atomic E-state index is 13.3. The van der Waals surface area contributed by atoms with Crippen molar-refractivity contribution in [2.24, 2.45) is 0 Å². The first-order chi connectivity index (χ1) is 15.0. The van der Waals surface area contributed by atoms with Gasteiger partial charge in [-0.3, -0.25) is 9.69 Å². The maximum Gasteiger partial charge on any atom is 0.200 e. The zero-order chi connectivity index (χ0) is 22.0. The summed E-state index contributed by atoms with van der Waals surface area (Å²) in [4.78, 5) is 15.3. The first-order valence-electron chi connectivity index (χ1n) is 9.99. The molecule has 0 aliphatic rings. The van der Waals surface area contributed by atoms with E-state index >= 15 is 0 Å². The van der Waals surface area contributed by atoms with Gasteiger partial charge in [-0.2, -0.15) is 5.26 Å². The van der Waals surface area contributed by atoms with E-state index in [0.717, 1.165) is 11.1 Å². The van der Waals surface area contributed by atoms with Crippen molar-refractivity contribution >= 4 is 11.0 Å². The Morgan fingerprint density at radius 2 is 1.81 bits per heavy atom. The summed E-state index contributed by atoms with van der Waals surface area (Å²) in [7, 11) is 1.92. The van der Waals surface area contributed by atoms with Crippen LogP contribution in [0.5, 0.6) is 5.75 Å². The van der Waals surface area contributed by atoms with Crippen LogP contribution in [0.3, 0.4) is 0 Å². The molecule has 0 spiro atoms. The number of hydrogen-bond acceptors (Lipinski definition) is 5. The molecule has 5 nitrogen and oxygen atoms in total. The van der Waals surface area contributed by atoms with Gasteiger partial charge in [0.25, 0.3) is 0 Å². The van der Waals surface area contributed by atoms with Crippen LogP contribution < -0.4 is 5.43 Å². The van der Waals surface area contributed by atoms with Crippen molar-refractivity contribution < 1.29 is 9.52 Å². The lowest BCUT2D eigenvalue weighted by Gasteiger charge is -2.19. The Hall–Kier alpha value is -3.88. The van der Waals surface area contributed by atoms with Crippen LogP contribution in [0.2, 0.25) is 0 Å². The Kier molecular flexibility index (Phi) is 5.57. The quantitative estimate of drug-likeness (QED) is 0.502. The fourth-order valence-electron chi connectivity index (χ4n) is 3.88. The van der Waals surface area contributed by atoms with Crippen LogP contribution in [0.25, 0.3) is 22.1 Å². The zero-order valence-electron chi connectivity index (χ0n) is 17.4. The first kappa shape index (κ1) is 20.4. The normalized spacial score (nSPS) is 11.0. The monoisotopic (exact) mass is 410 g/mol. The number of aromatic hydroxyl groups is 1. The van der Waals surface area contributed by atoms with Gasteiger partial charge < -0.3 is 9.52 Å². The molecule has 0 aliphatic carbocycles. The van der Waals surface area contributed by atoms with Crippen LogP contribution in [0.1, 0.15) is 22.5 Å². The molecule has 4 aromatic rings. The average molecular weight is 410 g/mol. The molecule has 0 saturated carbocycles. The zero-order valence-corrected chi connectivity index (χ0v) is 17.4. The predicted octanol–water partition coefficient (Wildman–Crippen LogP) is 4.98. The number of rotatable bonds is 5. The molecule has 1 N–H and O–H groups in total. The highest BCUT2D eigenvalue weighted by Gasteiger charge is 2.19. The van der Waals surface area contributed by atoms with E-state index in [1.165, 1.54) is 0 Å². The molecule has 0 aliphatic heterocycles. The van der Waals surface area contributed by atoms with Crippen LogP contribution in [0.15, 0.2) is 75.9 Å². The third-order valence-electron chi connectivity index (χ3n) is 5.31. The number of fused-ring (bicyclic) bond motifs is 1. The Bertz CT molecular complexity index is 1350. The smallest absolute Gasteiger partial charge is 0.200 e. The number of nitrogens with zero attached hydrogens (tertiary/aromatic N) is 2. The van der Waals surface area contributed by atoms with Gasteiger partial charge in [0.2, 0.25) is 5.43 Å². The van der Waals surface area contributed by atoms with Crippen LogP contribution in [0, 0.1) is 18.3 Å². The fraction of sp³-hybridized carbons (Fsp3) is 0.154. The second kappa shape index (κ2) is 8.47. The Balaban J connectivity index is 1.73. The summed E-state index contributed by atoms with van der Waals surface area (Å²) in [5.41, 5.74) is 3.79. The van der Waals surface area contributed by atoms with Crippen LogP contribution in [-0.2, 0) is 13.1 Å². The van der Waals surface area contributed by atoms with Gasteiger partial charge in [-0.05, 0) is 49.4 Å². The summed E-state index contributed by atoms with van der Waals surface area (Å²) < 4.78 is 6.10. The van der Waals surface area contributed by atoms with E-state index < -0.39 is 0 Å². The molecule has 4 rings (SSSR count). The highest BCUT2D eigenvalue weighted by Crippen LogP contribution is 2.31. The summed E-state index contributed by atoms with van der Waals surface area (Å²) >= 11 is 0. The predicted molar refractivity (Wildman–Crippen MR) is 121 cm³/mol. The molecule has 0 saturated heterocycles. The van der Waals surface area contributed by atoms with Crippen LogP contribution in [0.4, 0.5) is 0 Å². The third kappa shape index (κ3) is 4.07. The molecule has 0 radical (unpaired) electrons. The molecular formula is C26H22N2O3. The lowest BCUT2D eigenvalue weighted by atomic mass is 10.0. The van der Waals surface area contributed by atoms with Crippen molar-refractivity contribution in [2.45, 2.75) is 20.0 Å². The lowest BCUT2D eigenvalue weighted by Crippen LogP contribution is -2.18. The van der Waals surface area contributed by atoms with Gasteiger partial charge >= 0.3 is 0 Å². The molecule has 1 heterocycles. The molecule has 154 valence electrons. The molecule has 1 aromatic heterocycles. The first-order valence-corrected chi connectivity index (χ1v) is 9.99. The topological polar surface area (TPSA) is 77.5 Å². The number of hydrogen-bond donors (Lipinski definition) is 1. The van der Waals surface area contributed by atoms with E-state index in [4.69, 9.17) is 9.68 Å². The summed E-state index contributed by atoms with van der Waals surface area (Å²) in [5, 5.41) is 20.1. The lowest BCUT2D eigenvalue weighted by molar-refractivity contribution is 0.312. The number of nitriles is 1. The van der Waals surface area contributed by atoms with Gasteiger partial charge in [0.1, 0.15) is 17.1 Å². The average Bonchev–Trinajstić information content (AvgIpc) is 2.76. The van der Waals surface area contributed by atoms with Gasteiger partial charge in [0.05, 0.1) is 28.1 Å². The van der Waals surface area contributed by atoms with Gasteiger partial charge in [0, 0.05) is 13.1 Å². The van der Waals surface area contributed by atoms with Crippen LogP contribution in [-0.4, -0.2) is 17.1 Å². The summed E-state index contributed by atoms with van der Waals surface area (Å²) in [6.07, 6.45) is 0. The van der Waals surface area contributed by atoms with Crippen molar-refractivity contribution in [3.05, 3.63) is 99.4 Å². The van der Waals surface area contributed by atoms with E-state index in [0.29, 0.717) is 46.5 Å². The second-order valence-corrected chi connectivity index (χ2v) is 7.65. The molecular weight excluding hydrogens is 388 g/mol. The van der Waals surface area contributed by atoms with E-state index in [1.807, 2.05) is 60.5 Å². The second-order valence-electron chi connectivity index (χ2n) is 7.65. The highest BCUT2D eigenvalue weighted by molar-refractivity contribution is 5.86. The third-order valence-corrected chi connectivity index (χ3v) is 5.31. The van der Waals surface area contributed by atoms with Crippen molar-refractivity contribution in [3.8, 4) is 22.9 Å². The van der Waals surface area contributed by atoms with E-state index in [9.17, 15) is 9.90 Å². The van der Waals surface area contributed by atoms with Crippen molar-refractivity contribution in [3.63, 3.8) is 0 Å². The van der Waals surface area contributed by atoms with Crippen molar-refractivity contribution in [1.29, 1.82) is 5.26 Å². The SMILES string of the molecule is Cc1oc2c(CN(C)Cc3cccc(C#N)c3)c(O)ccc2c(=O)c1-c1ccccc1. The summed E-state index contributed by atoms with van der Waals surface area (Å²) in [6, 6.07) is 22.2. The molecule has 31 heavy (non-hydrogen) atoms. The van der Waals surface area contributed by atoms with E-state index in [1.54, 1.807) is 25.1 Å². The van der Waals surface area contributed by atoms with Crippen molar-refractivity contribution in [2.75, 3.05) is 7.05 Å². The molecule has 0 bridgehead atoms. The van der Waals surface area contributed by atoms with E-state index in [2.05, 4.69) is 6.07 Å². The number of phenolic OH excluding ortho intramolecular Hbond substituents is 1. The number of aryl methyl sites for hydroxylation is 1. The molecule has 0 atom stereocenters. The molecule has 0 amide bonds. The maximum atomic E-state index is 13.3. The minimum absolute atomic E-state index is 0.0835. The number of benzene rings is 3. The van der Waals surface area contributed by atoms with Gasteiger partial charge in [-0.1, -0.05) is 42.5 Å². The fourth-order valence-corrected chi connectivity index (χ4v) is 3.88. The van der Waals surface area contributed by atoms with Crippen LogP contribution >= 0.6 is 0 Å². The van der Waals surface area contributed by atoms with Gasteiger partial charge in [-0.15, -0.1) is 0 Å². The molecule has 0 unspecified atom stereocenters. The standard InChI is InChI=1S/C26H22N2O3/c1-17-24(20-9-4-3-5-10-20)25(30)21-11-12-23(29)22(26(21)31-17)16-28(2)15-19-8-6-7-18(13-19)14-27/h3-13,29H,15-16H2,1-2H3. The van der Waals surface area contributed by atoms with Gasteiger partial charge in [-0.25, -0.2) is 0 Å². The Morgan fingerprint density at radius 3 is 2.55 bits per heavy atom. The van der Waals surface area contributed by atoms with Gasteiger partial charge in [0.15, 0.2) is 0 Å². The number of phenols is 1. The Labute approximate surface area is 180 Å². The van der Waals surface area contributed by atoms with E-state index in [-0.39, 0.29) is 11.2 Å².